The van der Waals surface area contributed by atoms with Crippen LogP contribution in [0.25, 0.3) is 0 Å². The summed E-state index contributed by atoms with van der Waals surface area (Å²) in [7, 11) is 0. The highest BCUT2D eigenvalue weighted by atomic mass is 14.4. The Morgan fingerprint density at radius 3 is 2.42 bits per heavy atom. The van der Waals surface area contributed by atoms with E-state index in [-0.39, 0.29) is 0 Å². The minimum absolute atomic E-state index is 0.829. The van der Waals surface area contributed by atoms with Gasteiger partial charge < -0.3 is 0 Å². The van der Waals surface area contributed by atoms with E-state index in [4.69, 9.17) is 0 Å². The molecule has 0 heterocycles. The molecule has 0 aromatic carbocycles. The zero-order chi connectivity index (χ0) is 8.97. The smallest absolute Gasteiger partial charge is 0.0180 e. The van der Waals surface area contributed by atoms with Crippen LogP contribution in [0.15, 0.2) is 12.7 Å². The topological polar surface area (TPSA) is 0 Å². The highest BCUT2D eigenvalue weighted by Gasteiger charge is 2.31. The van der Waals surface area contributed by atoms with E-state index in [0.717, 1.165) is 17.8 Å². The summed E-state index contributed by atoms with van der Waals surface area (Å²) >= 11 is 0. The van der Waals surface area contributed by atoms with Gasteiger partial charge >= 0.3 is 0 Å². The molecule has 0 nitrogen and oxygen atoms in total. The molecule has 3 unspecified atom stereocenters. The third-order valence-electron chi connectivity index (χ3n) is 3.45. The fourth-order valence-electron chi connectivity index (χ4n) is 2.77. The van der Waals surface area contributed by atoms with Crippen LogP contribution in [0, 0.1) is 17.8 Å². The van der Waals surface area contributed by atoms with E-state index in [0.29, 0.717) is 0 Å². The molecular weight excluding hydrogens is 144 g/mol. The van der Waals surface area contributed by atoms with Gasteiger partial charge in [-0.3, -0.25) is 0 Å². The van der Waals surface area contributed by atoms with E-state index < -0.39 is 0 Å². The van der Waals surface area contributed by atoms with Gasteiger partial charge in [0.2, 0.25) is 0 Å². The van der Waals surface area contributed by atoms with E-state index in [1.807, 2.05) is 0 Å². The van der Waals surface area contributed by atoms with Crippen molar-refractivity contribution in [2.75, 3.05) is 0 Å². The van der Waals surface area contributed by atoms with E-state index >= 15 is 0 Å². The lowest BCUT2D eigenvalue weighted by atomic mass is 9.86. The van der Waals surface area contributed by atoms with Crippen molar-refractivity contribution in [3.8, 4) is 0 Å². The summed E-state index contributed by atoms with van der Waals surface area (Å²) in [4.78, 5) is 0. The van der Waals surface area contributed by atoms with Crippen LogP contribution >= 0.6 is 0 Å². The molecule has 1 fully saturated rings. The van der Waals surface area contributed by atoms with Gasteiger partial charge in [-0.1, -0.05) is 39.2 Å². The van der Waals surface area contributed by atoms with Crippen LogP contribution in [0.5, 0.6) is 0 Å². The van der Waals surface area contributed by atoms with Gasteiger partial charge in [0.05, 0.1) is 0 Å². The van der Waals surface area contributed by atoms with Gasteiger partial charge in [-0.2, -0.15) is 0 Å². The lowest BCUT2D eigenvalue weighted by molar-refractivity contribution is 0.354. The SMILES string of the molecule is C=CC1C(CC)CCC1CCC. The van der Waals surface area contributed by atoms with Gasteiger partial charge in [0.25, 0.3) is 0 Å². The van der Waals surface area contributed by atoms with E-state index in [9.17, 15) is 0 Å². The zero-order valence-electron chi connectivity index (χ0n) is 8.55. The van der Waals surface area contributed by atoms with Crippen molar-refractivity contribution >= 4 is 0 Å². The van der Waals surface area contributed by atoms with Gasteiger partial charge in [-0.15, -0.1) is 6.58 Å². The molecule has 0 heteroatoms. The first-order chi connectivity index (χ1) is 5.83. The van der Waals surface area contributed by atoms with Crippen molar-refractivity contribution < 1.29 is 0 Å². The molecule has 12 heavy (non-hydrogen) atoms. The molecule has 0 aromatic rings. The third-order valence-corrected chi connectivity index (χ3v) is 3.45. The first kappa shape index (κ1) is 9.83. The second-order valence-corrected chi connectivity index (χ2v) is 4.11. The fourth-order valence-corrected chi connectivity index (χ4v) is 2.77. The molecule has 3 atom stereocenters. The fraction of sp³-hybridized carbons (Fsp3) is 0.833. The Morgan fingerprint density at radius 1 is 1.25 bits per heavy atom. The molecule has 1 aliphatic carbocycles. The molecule has 0 aromatic heterocycles. The monoisotopic (exact) mass is 166 g/mol. The Kier molecular flexibility index (Phi) is 3.84. The second kappa shape index (κ2) is 4.69. The first-order valence-electron chi connectivity index (χ1n) is 5.46. The lowest BCUT2D eigenvalue weighted by Crippen LogP contribution is -2.11. The second-order valence-electron chi connectivity index (χ2n) is 4.11. The van der Waals surface area contributed by atoms with Crippen LogP contribution in [0.2, 0.25) is 0 Å². The molecule has 0 spiro atoms. The number of rotatable bonds is 4. The summed E-state index contributed by atoms with van der Waals surface area (Å²) in [6.07, 6.45) is 9.19. The maximum atomic E-state index is 3.97. The highest BCUT2D eigenvalue weighted by molar-refractivity contribution is 4.93. The summed E-state index contributed by atoms with van der Waals surface area (Å²) in [5, 5.41) is 0. The summed E-state index contributed by atoms with van der Waals surface area (Å²) in [6, 6.07) is 0. The van der Waals surface area contributed by atoms with Crippen molar-refractivity contribution in [2.45, 2.75) is 46.0 Å². The lowest BCUT2D eigenvalue weighted by Gasteiger charge is -2.19. The molecule has 0 N–H and O–H groups in total. The summed E-state index contributed by atoms with van der Waals surface area (Å²) in [5.41, 5.74) is 0. The van der Waals surface area contributed by atoms with Crippen LogP contribution in [0.1, 0.15) is 46.0 Å². The predicted molar refractivity (Wildman–Crippen MR) is 55.1 cm³/mol. The number of hydrogen-bond acceptors (Lipinski definition) is 0. The largest absolute Gasteiger partial charge is 0.103 e. The van der Waals surface area contributed by atoms with E-state index in [1.54, 1.807) is 0 Å². The van der Waals surface area contributed by atoms with Crippen LogP contribution in [-0.4, -0.2) is 0 Å². The summed E-state index contributed by atoms with van der Waals surface area (Å²) in [5.74, 6) is 2.73. The quantitative estimate of drug-likeness (QED) is 0.553. The van der Waals surface area contributed by atoms with E-state index in [2.05, 4.69) is 26.5 Å². The predicted octanol–water partition coefficient (Wildman–Crippen LogP) is 4.02. The van der Waals surface area contributed by atoms with Crippen LogP contribution < -0.4 is 0 Å². The van der Waals surface area contributed by atoms with Crippen molar-refractivity contribution in [1.82, 2.24) is 0 Å². The molecule has 1 aliphatic rings. The average Bonchev–Trinajstić information content (AvgIpc) is 2.47. The molecule has 0 bridgehead atoms. The molecule has 1 rings (SSSR count). The van der Waals surface area contributed by atoms with Crippen LogP contribution in [0.4, 0.5) is 0 Å². The van der Waals surface area contributed by atoms with Gasteiger partial charge in [0, 0.05) is 0 Å². The molecule has 0 saturated heterocycles. The minimum Gasteiger partial charge on any atom is -0.103 e. The van der Waals surface area contributed by atoms with Gasteiger partial charge in [0.1, 0.15) is 0 Å². The standard InChI is InChI=1S/C12H22/c1-4-7-11-9-8-10(5-2)12(11)6-3/h6,10-12H,3-5,7-9H2,1-2H3. The van der Waals surface area contributed by atoms with Crippen molar-refractivity contribution in [1.29, 1.82) is 0 Å². The van der Waals surface area contributed by atoms with Crippen LogP contribution in [0.3, 0.4) is 0 Å². The Bertz CT molecular complexity index is 137. The molecule has 0 aliphatic heterocycles. The Morgan fingerprint density at radius 2 is 1.92 bits per heavy atom. The van der Waals surface area contributed by atoms with Gasteiger partial charge in [-0.05, 0) is 30.6 Å². The van der Waals surface area contributed by atoms with Crippen molar-refractivity contribution in [3.63, 3.8) is 0 Å². The normalized spacial score (nSPS) is 35.3. The Hall–Kier alpha value is -0.260. The van der Waals surface area contributed by atoms with E-state index in [1.165, 1.54) is 32.1 Å². The van der Waals surface area contributed by atoms with Crippen LogP contribution in [-0.2, 0) is 0 Å². The maximum absolute atomic E-state index is 3.97. The zero-order valence-corrected chi connectivity index (χ0v) is 8.55. The molecule has 0 amide bonds. The summed E-state index contributed by atoms with van der Waals surface area (Å²) in [6.45, 7) is 8.58. The highest BCUT2D eigenvalue weighted by Crippen LogP contribution is 2.41. The third kappa shape index (κ3) is 1.91. The first-order valence-corrected chi connectivity index (χ1v) is 5.46. The number of hydrogen-bond donors (Lipinski definition) is 0. The molecule has 0 radical (unpaired) electrons. The Balaban J connectivity index is 2.49. The van der Waals surface area contributed by atoms with Crippen molar-refractivity contribution in [2.24, 2.45) is 17.8 Å². The molecule has 1 saturated carbocycles. The summed E-state index contributed by atoms with van der Waals surface area (Å²) < 4.78 is 0. The maximum Gasteiger partial charge on any atom is -0.0180 e. The molecule has 70 valence electrons. The van der Waals surface area contributed by atoms with Gasteiger partial charge in [-0.25, -0.2) is 0 Å². The van der Waals surface area contributed by atoms with Crippen molar-refractivity contribution in [3.05, 3.63) is 12.7 Å². The average molecular weight is 166 g/mol. The number of allylic oxidation sites excluding steroid dienone is 1. The minimum atomic E-state index is 0.829. The Labute approximate surface area is 77.1 Å². The van der Waals surface area contributed by atoms with Gasteiger partial charge in [0.15, 0.2) is 0 Å². The molecular formula is C12H22.